The zero-order valence-electron chi connectivity index (χ0n) is 5.82. The third-order valence-corrected chi connectivity index (χ3v) is 3.00. The normalized spacial score (nSPS) is 27.2. The fourth-order valence-electron chi connectivity index (χ4n) is 0.894. The molecule has 0 radical (unpaired) electrons. The number of rotatable bonds is 0. The number of halogens is 1. The van der Waals surface area contributed by atoms with Crippen LogP contribution in [0.5, 0.6) is 0 Å². The Labute approximate surface area is 70.2 Å². The van der Waals surface area contributed by atoms with Crippen LogP contribution in [-0.2, 0) is 0 Å². The van der Waals surface area contributed by atoms with E-state index in [1.54, 1.807) is 0 Å². The second kappa shape index (κ2) is 2.86. The van der Waals surface area contributed by atoms with Gasteiger partial charge in [-0.05, 0) is 45.4 Å². The molecule has 0 spiro atoms. The summed E-state index contributed by atoms with van der Waals surface area (Å²) in [5.41, 5.74) is 1.41. The number of hydrogen-bond acceptors (Lipinski definition) is 0. The lowest BCUT2D eigenvalue weighted by molar-refractivity contribution is 0.725. The van der Waals surface area contributed by atoms with Gasteiger partial charge in [0.25, 0.3) is 0 Å². The van der Waals surface area contributed by atoms with Crippen LogP contribution >= 0.6 is 22.6 Å². The van der Waals surface area contributed by atoms with Crippen molar-refractivity contribution < 1.29 is 0 Å². The first-order valence-electron chi connectivity index (χ1n) is 3.24. The number of hydrogen-bond donors (Lipinski definition) is 0. The Hall–Kier alpha value is 0.210. The molecule has 1 rings (SSSR count). The topological polar surface area (TPSA) is 0 Å². The van der Waals surface area contributed by atoms with Crippen LogP contribution in [0.3, 0.4) is 0 Å². The molecule has 0 fully saturated rings. The van der Waals surface area contributed by atoms with Crippen LogP contribution in [0, 0.1) is 5.92 Å². The van der Waals surface area contributed by atoms with Crippen LogP contribution in [0.25, 0.3) is 0 Å². The minimum atomic E-state index is 0.759. The van der Waals surface area contributed by atoms with E-state index in [4.69, 9.17) is 0 Å². The van der Waals surface area contributed by atoms with Gasteiger partial charge in [0.15, 0.2) is 0 Å². The first kappa shape index (κ1) is 7.32. The predicted octanol–water partition coefficient (Wildman–Crippen LogP) is 3.29. The maximum atomic E-state index is 2.42. The second-order valence-corrected chi connectivity index (χ2v) is 3.86. The Morgan fingerprint density at radius 1 is 1.67 bits per heavy atom. The molecule has 9 heavy (non-hydrogen) atoms. The van der Waals surface area contributed by atoms with Gasteiger partial charge in [-0.3, -0.25) is 0 Å². The smallest absolute Gasteiger partial charge is 0.00602 e. The van der Waals surface area contributed by atoms with E-state index in [9.17, 15) is 0 Å². The van der Waals surface area contributed by atoms with Crippen molar-refractivity contribution in [2.75, 3.05) is 0 Å². The molecule has 0 amide bonds. The van der Waals surface area contributed by atoms with E-state index in [0.717, 1.165) is 5.92 Å². The van der Waals surface area contributed by atoms with Crippen LogP contribution in [0.2, 0.25) is 0 Å². The van der Waals surface area contributed by atoms with Crippen molar-refractivity contribution in [1.29, 1.82) is 0 Å². The van der Waals surface area contributed by atoms with Crippen molar-refractivity contribution in [2.24, 2.45) is 5.92 Å². The van der Waals surface area contributed by atoms with Crippen molar-refractivity contribution >= 4 is 22.6 Å². The summed E-state index contributed by atoms with van der Waals surface area (Å²) in [6.07, 6.45) is 5.78. The van der Waals surface area contributed by atoms with Gasteiger partial charge in [-0.2, -0.15) is 0 Å². The van der Waals surface area contributed by atoms with Gasteiger partial charge in [0.2, 0.25) is 0 Å². The van der Waals surface area contributed by atoms with E-state index in [1.807, 2.05) is 0 Å². The Kier molecular flexibility index (Phi) is 2.33. The monoisotopic (exact) mass is 234 g/mol. The largest absolute Gasteiger partial charge is 0.0810 e. The number of allylic oxidation sites excluding steroid dienone is 4. The first-order valence-corrected chi connectivity index (χ1v) is 4.32. The summed E-state index contributed by atoms with van der Waals surface area (Å²) < 4.78 is 1.49. The van der Waals surface area contributed by atoms with E-state index in [2.05, 4.69) is 48.6 Å². The van der Waals surface area contributed by atoms with E-state index in [-0.39, 0.29) is 0 Å². The van der Waals surface area contributed by atoms with Crippen LogP contribution in [0.4, 0.5) is 0 Å². The molecule has 0 saturated carbocycles. The van der Waals surface area contributed by atoms with Gasteiger partial charge in [-0.25, -0.2) is 0 Å². The van der Waals surface area contributed by atoms with Crippen molar-refractivity contribution in [2.45, 2.75) is 20.3 Å². The van der Waals surface area contributed by atoms with Crippen LogP contribution in [0.1, 0.15) is 20.3 Å². The summed E-state index contributed by atoms with van der Waals surface area (Å²) in [6.45, 7) is 4.42. The molecule has 1 aliphatic rings. The molecule has 1 atom stereocenters. The highest BCUT2D eigenvalue weighted by Gasteiger charge is 2.07. The highest BCUT2D eigenvalue weighted by molar-refractivity contribution is 14.1. The van der Waals surface area contributed by atoms with E-state index in [0.29, 0.717) is 0 Å². The van der Waals surface area contributed by atoms with E-state index in [1.165, 1.54) is 15.6 Å². The first-order chi connectivity index (χ1) is 4.20. The predicted molar refractivity (Wildman–Crippen MR) is 49.6 cm³/mol. The maximum absolute atomic E-state index is 2.42. The van der Waals surface area contributed by atoms with Crippen LogP contribution < -0.4 is 0 Å². The van der Waals surface area contributed by atoms with Gasteiger partial charge in [-0.15, -0.1) is 0 Å². The van der Waals surface area contributed by atoms with Gasteiger partial charge in [0.1, 0.15) is 0 Å². The molecule has 0 aromatic carbocycles. The van der Waals surface area contributed by atoms with Crippen LogP contribution in [0.15, 0.2) is 21.3 Å². The fourth-order valence-corrected chi connectivity index (χ4v) is 1.64. The van der Waals surface area contributed by atoms with Gasteiger partial charge in [0, 0.05) is 0 Å². The molecule has 0 N–H and O–H groups in total. The minimum absolute atomic E-state index is 0.759. The molecular formula is C8H11I. The van der Waals surface area contributed by atoms with E-state index < -0.39 is 0 Å². The quantitative estimate of drug-likeness (QED) is 0.564. The lowest BCUT2D eigenvalue weighted by Gasteiger charge is -2.12. The van der Waals surface area contributed by atoms with Crippen molar-refractivity contribution in [3.05, 3.63) is 21.3 Å². The maximum Gasteiger partial charge on any atom is -0.00602 e. The van der Waals surface area contributed by atoms with Gasteiger partial charge < -0.3 is 0 Å². The molecule has 1 heteroatoms. The zero-order chi connectivity index (χ0) is 6.85. The van der Waals surface area contributed by atoms with Crippen molar-refractivity contribution in [3.8, 4) is 0 Å². The van der Waals surface area contributed by atoms with E-state index >= 15 is 0 Å². The zero-order valence-corrected chi connectivity index (χ0v) is 7.97. The summed E-state index contributed by atoms with van der Waals surface area (Å²) in [5.74, 6) is 0.759. The molecule has 1 aliphatic carbocycles. The Morgan fingerprint density at radius 3 is 2.78 bits per heavy atom. The molecule has 0 bridgehead atoms. The third kappa shape index (κ3) is 1.81. The fraction of sp³-hybridized carbons (Fsp3) is 0.500. The Balaban J connectivity index is 2.74. The SMILES string of the molecule is CC1=CCC(C)C(I)=C1. The second-order valence-electron chi connectivity index (χ2n) is 2.61. The molecule has 0 aromatic heterocycles. The molecule has 0 aromatic rings. The van der Waals surface area contributed by atoms with Crippen molar-refractivity contribution in [3.63, 3.8) is 0 Å². The molecular weight excluding hydrogens is 223 g/mol. The Bertz CT molecular complexity index is 165. The summed E-state index contributed by atoms with van der Waals surface area (Å²) in [6, 6.07) is 0. The lowest BCUT2D eigenvalue weighted by atomic mass is 10.00. The summed E-state index contributed by atoms with van der Waals surface area (Å²) >= 11 is 2.42. The highest BCUT2D eigenvalue weighted by atomic mass is 127. The lowest BCUT2D eigenvalue weighted by Crippen LogP contribution is -1.96. The summed E-state index contributed by atoms with van der Waals surface area (Å²) in [4.78, 5) is 0. The Morgan fingerprint density at radius 2 is 2.33 bits per heavy atom. The van der Waals surface area contributed by atoms with Gasteiger partial charge >= 0.3 is 0 Å². The molecule has 0 heterocycles. The standard InChI is InChI=1S/C8H11I/c1-6-3-4-7(2)8(9)5-6/h3,5,7H,4H2,1-2H3. The average Bonchev–Trinajstić information content (AvgIpc) is 1.80. The molecule has 0 nitrogen and oxygen atoms in total. The molecule has 0 aliphatic heterocycles. The highest BCUT2D eigenvalue weighted by Crippen LogP contribution is 2.27. The van der Waals surface area contributed by atoms with Crippen molar-refractivity contribution in [1.82, 2.24) is 0 Å². The third-order valence-electron chi connectivity index (χ3n) is 1.63. The van der Waals surface area contributed by atoms with Gasteiger partial charge in [-0.1, -0.05) is 24.6 Å². The molecule has 50 valence electrons. The summed E-state index contributed by atoms with van der Waals surface area (Å²) in [5, 5.41) is 0. The summed E-state index contributed by atoms with van der Waals surface area (Å²) in [7, 11) is 0. The molecule has 1 unspecified atom stereocenters. The average molecular weight is 234 g/mol. The minimum Gasteiger partial charge on any atom is -0.0810 e. The van der Waals surface area contributed by atoms with Crippen LogP contribution in [-0.4, -0.2) is 0 Å². The molecule has 0 saturated heterocycles. The van der Waals surface area contributed by atoms with Gasteiger partial charge in [0.05, 0.1) is 0 Å².